The molecule has 0 bridgehead atoms. The Morgan fingerprint density at radius 3 is 1.66 bits per heavy atom. The Hall–Kier alpha value is -5.67. The number of carboxylic acid groups (broad SMARTS) is 1. The van der Waals surface area contributed by atoms with Crippen molar-refractivity contribution in [2.24, 2.45) is 29.4 Å². The Balaban J connectivity index is 3.23. The first kappa shape index (κ1) is 59.3. The molecule has 0 radical (unpaired) electrons. The van der Waals surface area contributed by atoms with Gasteiger partial charge in [-0.2, -0.15) is 0 Å². The van der Waals surface area contributed by atoms with Gasteiger partial charge < -0.3 is 63.6 Å². The van der Waals surface area contributed by atoms with Gasteiger partial charge in [0.25, 0.3) is 0 Å². The van der Waals surface area contributed by atoms with Crippen molar-refractivity contribution in [1.82, 2.24) is 42.5 Å². The highest BCUT2D eigenvalue weighted by atomic mass is 16.4. The second-order valence-corrected chi connectivity index (χ2v) is 18.3. The number of carbonyl (C=O) groups excluding carboxylic acids is 8. The van der Waals surface area contributed by atoms with E-state index in [1.54, 1.807) is 71.9 Å². The lowest BCUT2D eigenvalue weighted by Crippen LogP contribution is -2.65. The lowest BCUT2D eigenvalue weighted by Gasteiger charge is -2.33. The molecule has 0 aliphatic rings. The van der Waals surface area contributed by atoms with Crippen LogP contribution in [0.2, 0.25) is 0 Å². The highest BCUT2D eigenvalue weighted by molar-refractivity contribution is 5.97. The van der Waals surface area contributed by atoms with E-state index in [1.807, 2.05) is 13.8 Å². The van der Waals surface area contributed by atoms with Crippen molar-refractivity contribution >= 4 is 53.2 Å². The zero-order valence-corrected chi connectivity index (χ0v) is 40.7. The monoisotopic (exact) mass is 948 g/mol. The first-order chi connectivity index (χ1) is 31.3. The molecular formula is C46H77N9O12. The summed E-state index contributed by atoms with van der Waals surface area (Å²) in [5.74, 6) is -8.34. The average Bonchev–Trinajstić information content (AvgIpc) is 3.24. The largest absolute Gasteiger partial charge is 0.480 e. The normalized spacial score (nSPS) is 15.8. The van der Waals surface area contributed by atoms with Crippen LogP contribution in [-0.4, -0.2) is 136 Å². The average molecular weight is 948 g/mol. The lowest BCUT2D eigenvalue weighted by atomic mass is 9.89. The van der Waals surface area contributed by atoms with Crippen LogP contribution in [0.5, 0.6) is 0 Å². The number of nitrogens with two attached hydrogens (primary N) is 1. The van der Waals surface area contributed by atoms with Crippen molar-refractivity contribution in [2.75, 3.05) is 19.7 Å². The predicted octanol–water partition coefficient (Wildman–Crippen LogP) is -0.880. The number of carboxylic acids is 1. The molecule has 0 aromatic heterocycles. The quantitative estimate of drug-likeness (QED) is 0.0447. The van der Waals surface area contributed by atoms with Crippen molar-refractivity contribution in [3.63, 3.8) is 0 Å². The second kappa shape index (κ2) is 29.2. The molecular weight excluding hydrogens is 871 g/mol. The van der Waals surface area contributed by atoms with E-state index in [1.165, 1.54) is 13.8 Å². The summed E-state index contributed by atoms with van der Waals surface area (Å²) in [6, 6.07) is 1.04. The number of hydrogen-bond donors (Lipinski definition) is 12. The number of aliphatic carboxylic acids is 1. The zero-order valence-electron chi connectivity index (χ0n) is 40.7. The molecule has 0 fully saturated rings. The predicted molar refractivity (Wildman–Crippen MR) is 249 cm³/mol. The fourth-order valence-electron chi connectivity index (χ4n) is 6.90. The van der Waals surface area contributed by atoms with Crippen LogP contribution < -0.4 is 48.3 Å². The minimum Gasteiger partial charge on any atom is -0.480 e. The Bertz CT molecular complexity index is 1810. The van der Waals surface area contributed by atoms with Crippen molar-refractivity contribution in [1.29, 1.82) is 0 Å². The van der Waals surface area contributed by atoms with Crippen molar-refractivity contribution in [3.8, 4) is 0 Å². The second-order valence-electron chi connectivity index (χ2n) is 18.3. The lowest BCUT2D eigenvalue weighted by molar-refractivity contribution is -0.144. The van der Waals surface area contributed by atoms with Gasteiger partial charge in [-0.15, -0.1) is 0 Å². The Labute approximate surface area is 394 Å². The Morgan fingerprint density at radius 2 is 1.16 bits per heavy atom. The summed E-state index contributed by atoms with van der Waals surface area (Å²) >= 11 is 0. The van der Waals surface area contributed by atoms with E-state index < -0.39 is 120 Å². The third-order valence-corrected chi connectivity index (χ3v) is 11.0. The molecule has 0 saturated heterocycles. The fraction of sp³-hybridized carbons (Fsp3) is 0.674. The number of rotatable bonds is 30. The van der Waals surface area contributed by atoms with Gasteiger partial charge in [-0.25, -0.2) is 4.79 Å². The Morgan fingerprint density at radius 1 is 0.642 bits per heavy atom. The number of hydrogen-bond acceptors (Lipinski definition) is 12. The molecule has 1 rings (SSSR count). The summed E-state index contributed by atoms with van der Waals surface area (Å²) in [5, 5.41) is 51.2. The van der Waals surface area contributed by atoms with E-state index in [0.717, 1.165) is 0 Å². The van der Waals surface area contributed by atoms with Gasteiger partial charge in [0, 0.05) is 32.4 Å². The maximum Gasteiger partial charge on any atom is 0.326 e. The summed E-state index contributed by atoms with van der Waals surface area (Å²) in [5.41, 5.74) is 4.07. The van der Waals surface area contributed by atoms with Gasteiger partial charge in [0.05, 0.1) is 12.7 Å². The van der Waals surface area contributed by atoms with Crippen LogP contribution in [0, 0.1) is 23.7 Å². The molecule has 9 atom stereocenters. The van der Waals surface area contributed by atoms with Crippen molar-refractivity contribution in [2.45, 2.75) is 156 Å². The zero-order chi connectivity index (χ0) is 51.2. The number of aliphatic hydroxyl groups is 2. The SMILES string of the molecule is CC[C@@H](C)[C@@H](NC(=O)CCNC(=O)[C@@](CO)(Cc1ccccc1)NC(=O)[C@H](C)NC(=O)[C@H](CC(C)C)NC(=O)CCN)C(=O)N[C@@H](CC(C)C)C(=O)N[C@H](C(=O)N[C@H](C(=O)O)C(C)C)[C@@H](C)O. The molecule has 378 valence electrons. The summed E-state index contributed by atoms with van der Waals surface area (Å²) in [7, 11) is 0. The summed E-state index contributed by atoms with van der Waals surface area (Å²) in [6.45, 7) is 15.5. The third-order valence-electron chi connectivity index (χ3n) is 11.0. The molecule has 21 nitrogen and oxygen atoms in total. The molecule has 0 aliphatic heterocycles. The van der Waals surface area contributed by atoms with E-state index in [4.69, 9.17) is 5.73 Å². The van der Waals surface area contributed by atoms with E-state index >= 15 is 0 Å². The van der Waals surface area contributed by atoms with Crippen molar-refractivity contribution in [3.05, 3.63) is 35.9 Å². The van der Waals surface area contributed by atoms with Crippen LogP contribution >= 0.6 is 0 Å². The van der Waals surface area contributed by atoms with Gasteiger partial charge in [-0.05, 0) is 55.9 Å². The molecule has 0 spiro atoms. The summed E-state index contributed by atoms with van der Waals surface area (Å²) < 4.78 is 0. The van der Waals surface area contributed by atoms with Crippen molar-refractivity contribution < 1.29 is 58.5 Å². The maximum absolute atomic E-state index is 14.0. The van der Waals surface area contributed by atoms with Crippen LogP contribution in [0.15, 0.2) is 30.3 Å². The topological polar surface area (TPSA) is 337 Å². The third kappa shape index (κ3) is 20.4. The number of nitrogens with one attached hydrogen (secondary N) is 8. The molecule has 0 saturated carbocycles. The molecule has 13 N–H and O–H groups in total. The molecule has 8 amide bonds. The number of benzene rings is 1. The van der Waals surface area contributed by atoms with Crippen LogP contribution in [0.1, 0.15) is 107 Å². The molecule has 0 unspecified atom stereocenters. The van der Waals surface area contributed by atoms with Gasteiger partial charge in [0.2, 0.25) is 47.3 Å². The van der Waals surface area contributed by atoms with E-state index in [-0.39, 0.29) is 57.0 Å². The fourth-order valence-corrected chi connectivity index (χ4v) is 6.90. The molecule has 0 aliphatic carbocycles. The minimum absolute atomic E-state index is 0.00102. The standard InChI is InChI=1S/C46H77N9O12/c1-11-28(8)37(42(63)51-33(22-26(4)5)41(62)54-38(30(10)57)43(64)53-36(27(6)7)44(65)66)52-35(59)18-20-48-45(67)46(24-56,23-31-15-13-12-14-16-31)55-39(60)29(9)49-40(61)32(21-25(2)3)50-34(58)17-19-47/h12-16,25-30,32-33,36-38,56-57H,11,17-24,47H2,1-10H3,(H,48,67)(H,49,61)(H,50,58)(H,51,63)(H,52,59)(H,53,64)(H,54,62)(H,55,60)(H,65,66)/t28-,29+,30-,32+,33+,36+,37-,38+,46+/m1/s1. The minimum atomic E-state index is -1.98. The molecule has 21 heteroatoms. The van der Waals surface area contributed by atoms with Crippen LogP contribution in [-0.2, 0) is 49.6 Å². The molecule has 1 aromatic rings. The van der Waals surface area contributed by atoms with Gasteiger partial charge in [-0.1, -0.05) is 92.1 Å². The first-order valence-corrected chi connectivity index (χ1v) is 23.0. The molecule has 67 heavy (non-hydrogen) atoms. The number of aliphatic hydroxyl groups excluding tert-OH is 2. The smallest absolute Gasteiger partial charge is 0.326 e. The number of carbonyl (C=O) groups is 9. The van der Waals surface area contributed by atoms with Gasteiger partial charge >= 0.3 is 5.97 Å². The summed E-state index contributed by atoms with van der Waals surface area (Å²) in [4.78, 5) is 119. The van der Waals surface area contributed by atoms with E-state index in [0.29, 0.717) is 12.0 Å². The van der Waals surface area contributed by atoms with Gasteiger partial charge in [0.1, 0.15) is 41.8 Å². The highest BCUT2D eigenvalue weighted by Crippen LogP contribution is 2.16. The first-order valence-electron chi connectivity index (χ1n) is 23.0. The van der Waals surface area contributed by atoms with E-state index in [2.05, 4.69) is 42.5 Å². The van der Waals surface area contributed by atoms with Gasteiger partial charge in [-0.3, -0.25) is 38.4 Å². The summed E-state index contributed by atoms with van der Waals surface area (Å²) in [6.07, 6.45) is -1.23. The highest BCUT2D eigenvalue weighted by Gasteiger charge is 2.41. The number of amides is 8. The Kier molecular flexibility index (Phi) is 25.8. The maximum atomic E-state index is 14.0. The van der Waals surface area contributed by atoms with Gasteiger partial charge in [0.15, 0.2) is 0 Å². The van der Waals surface area contributed by atoms with Crippen LogP contribution in [0.3, 0.4) is 0 Å². The van der Waals surface area contributed by atoms with E-state index in [9.17, 15) is 58.5 Å². The molecule has 1 aromatic carbocycles. The van der Waals surface area contributed by atoms with Crippen LogP contribution in [0.25, 0.3) is 0 Å². The molecule has 0 heterocycles. The van der Waals surface area contributed by atoms with Crippen LogP contribution in [0.4, 0.5) is 0 Å².